The summed E-state index contributed by atoms with van der Waals surface area (Å²) in [4.78, 5) is 24.6. The van der Waals surface area contributed by atoms with Crippen LogP contribution in [0.1, 0.15) is 31.2 Å². The molecule has 2 rings (SSSR count). The minimum absolute atomic E-state index is 0.104. The number of thiophene rings is 1. The molecule has 0 fully saturated rings. The lowest BCUT2D eigenvalue weighted by molar-refractivity contribution is -0.137. The number of amides is 1. The van der Waals surface area contributed by atoms with Crippen LogP contribution >= 0.6 is 11.3 Å². The van der Waals surface area contributed by atoms with E-state index in [0.717, 1.165) is 23.5 Å². The summed E-state index contributed by atoms with van der Waals surface area (Å²) in [6.45, 7) is 1.70. The van der Waals surface area contributed by atoms with E-state index in [4.69, 9.17) is 0 Å². The standard InChI is InChI=1S/C15H12F3NO3S/c1-8-7-10(14(21)22-2)13(23-8)19-12(20)9-5-3-4-6-11(9)15(16,17)18/h3-7H,1-2H3,(H,19,20). The lowest BCUT2D eigenvalue weighted by Crippen LogP contribution is -2.19. The third-order valence-electron chi connectivity index (χ3n) is 2.96. The van der Waals surface area contributed by atoms with E-state index in [0.29, 0.717) is 4.88 Å². The van der Waals surface area contributed by atoms with Crippen molar-refractivity contribution < 1.29 is 27.5 Å². The molecule has 122 valence electrons. The van der Waals surface area contributed by atoms with Crippen LogP contribution in [0.2, 0.25) is 0 Å². The molecule has 0 spiro atoms. The number of carbonyl (C=O) groups is 2. The second-order valence-electron chi connectivity index (χ2n) is 4.59. The van der Waals surface area contributed by atoms with Gasteiger partial charge in [-0.25, -0.2) is 4.79 Å². The van der Waals surface area contributed by atoms with E-state index in [1.54, 1.807) is 6.92 Å². The number of esters is 1. The predicted octanol–water partition coefficient (Wildman–Crippen LogP) is 4.11. The summed E-state index contributed by atoms with van der Waals surface area (Å²) in [7, 11) is 1.18. The fraction of sp³-hybridized carbons (Fsp3) is 0.200. The predicted molar refractivity (Wildman–Crippen MR) is 79.8 cm³/mol. The molecule has 2 aromatic rings. The third kappa shape index (κ3) is 3.70. The van der Waals surface area contributed by atoms with Gasteiger partial charge >= 0.3 is 12.1 Å². The maximum atomic E-state index is 13.0. The molecule has 1 N–H and O–H groups in total. The van der Waals surface area contributed by atoms with E-state index in [-0.39, 0.29) is 10.6 Å². The molecule has 1 aromatic heterocycles. The molecule has 0 radical (unpaired) electrons. The largest absolute Gasteiger partial charge is 0.465 e. The molecular weight excluding hydrogens is 331 g/mol. The number of hydrogen-bond donors (Lipinski definition) is 1. The Labute approximate surface area is 133 Å². The molecule has 8 heteroatoms. The van der Waals surface area contributed by atoms with Crippen LogP contribution in [-0.2, 0) is 10.9 Å². The van der Waals surface area contributed by atoms with Gasteiger partial charge in [0.25, 0.3) is 5.91 Å². The Morgan fingerprint density at radius 1 is 1.17 bits per heavy atom. The summed E-state index contributed by atoms with van der Waals surface area (Å²) in [5.74, 6) is -1.61. The molecule has 0 aliphatic heterocycles. The van der Waals surface area contributed by atoms with Crippen LogP contribution < -0.4 is 5.32 Å². The lowest BCUT2D eigenvalue weighted by atomic mass is 10.1. The zero-order valence-corrected chi connectivity index (χ0v) is 13.0. The van der Waals surface area contributed by atoms with E-state index in [2.05, 4.69) is 10.1 Å². The Morgan fingerprint density at radius 3 is 2.43 bits per heavy atom. The van der Waals surface area contributed by atoms with Crippen molar-refractivity contribution in [3.8, 4) is 0 Å². The van der Waals surface area contributed by atoms with Crippen LogP contribution in [0.15, 0.2) is 30.3 Å². The van der Waals surface area contributed by atoms with Crippen molar-refractivity contribution in [2.24, 2.45) is 0 Å². The van der Waals surface area contributed by atoms with Gasteiger partial charge in [-0.2, -0.15) is 13.2 Å². The quantitative estimate of drug-likeness (QED) is 0.853. The first-order chi connectivity index (χ1) is 10.7. The molecule has 0 unspecified atom stereocenters. The zero-order valence-electron chi connectivity index (χ0n) is 12.2. The summed E-state index contributed by atoms with van der Waals surface area (Å²) in [6, 6.07) is 5.95. The van der Waals surface area contributed by atoms with Crippen LogP contribution in [0.4, 0.5) is 18.2 Å². The first-order valence-corrected chi connectivity index (χ1v) is 7.22. The SMILES string of the molecule is COC(=O)c1cc(C)sc1NC(=O)c1ccccc1C(F)(F)F. The topological polar surface area (TPSA) is 55.4 Å². The first-order valence-electron chi connectivity index (χ1n) is 6.40. The molecule has 0 saturated carbocycles. The van der Waals surface area contributed by atoms with Crippen molar-refractivity contribution in [1.82, 2.24) is 0 Å². The molecule has 0 saturated heterocycles. The van der Waals surface area contributed by atoms with E-state index < -0.39 is 29.2 Å². The van der Waals surface area contributed by atoms with Gasteiger partial charge < -0.3 is 10.1 Å². The van der Waals surface area contributed by atoms with Gasteiger partial charge in [-0.1, -0.05) is 12.1 Å². The monoisotopic (exact) mass is 343 g/mol. The minimum Gasteiger partial charge on any atom is -0.465 e. The third-order valence-corrected chi connectivity index (χ3v) is 3.93. The Hall–Kier alpha value is -2.35. The van der Waals surface area contributed by atoms with Gasteiger partial charge in [0.1, 0.15) is 5.00 Å². The Morgan fingerprint density at radius 2 is 1.83 bits per heavy atom. The number of rotatable bonds is 3. The van der Waals surface area contributed by atoms with Crippen LogP contribution in [0.3, 0.4) is 0 Å². The molecule has 0 aliphatic rings. The highest BCUT2D eigenvalue weighted by molar-refractivity contribution is 7.16. The molecular formula is C15H12F3NO3S. The van der Waals surface area contributed by atoms with Gasteiger partial charge in [0.05, 0.1) is 23.8 Å². The van der Waals surface area contributed by atoms with Gasteiger partial charge in [0, 0.05) is 4.88 Å². The maximum absolute atomic E-state index is 13.0. The number of anilines is 1. The highest BCUT2D eigenvalue weighted by atomic mass is 32.1. The Kier molecular flexibility index (Phi) is 4.74. The smallest absolute Gasteiger partial charge is 0.417 e. The van der Waals surface area contributed by atoms with Gasteiger partial charge in [0.15, 0.2) is 0 Å². The van der Waals surface area contributed by atoms with E-state index in [1.165, 1.54) is 25.3 Å². The van der Waals surface area contributed by atoms with Crippen LogP contribution in [0.5, 0.6) is 0 Å². The van der Waals surface area contributed by atoms with Crippen LogP contribution in [-0.4, -0.2) is 19.0 Å². The second-order valence-corrected chi connectivity index (χ2v) is 5.85. The molecule has 0 bridgehead atoms. The number of carbonyl (C=O) groups excluding carboxylic acids is 2. The van der Waals surface area contributed by atoms with Crippen molar-refractivity contribution in [2.75, 3.05) is 12.4 Å². The summed E-state index contributed by atoms with van der Waals surface area (Å²) >= 11 is 1.08. The lowest BCUT2D eigenvalue weighted by Gasteiger charge is -2.12. The average molecular weight is 343 g/mol. The van der Waals surface area contributed by atoms with Gasteiger partial charge in [-0.3, -0.25) is 4.79 Å². The van der Waals surface area contributed by atoms with E-state index in [9.17, 15) is 22.8 Å². The zero-order chi connectivity index (χ0) is 17.2. The highest BCUT2D eigenvalue weighted by Crippen LogP contribution is 2.33. The highest BCUT2D eigenvalue weighted by Gasteiger charge is 2.35. The van der Waals surface area contributed by atoms with Crippen molar-refractivity contribution in [1.29, 1.82) is 0 Å². The number of ether oxygens (including phenoxy) is 1. The number of benzene rings is 1. The average Bonchev–Trinajstić information content (AvgIpc) is 2.86. The summed E-state index contributed by atoms with van der Waals surface area (Å²) < 4.78 is 43.5. The second kappa shape index (κ2) is 6.41. The molecule has 1 heterocycles. The molecule has 23 heavy (non-hydrogen) atoms. The summed E-state index contributed by atoms with van der Waals surface area (Å²) in [6.07, 6.45) is -4.65. The van der Waals surface area contributed by atoms with Gasteiger partial charge in [-0.05, 0) is 25.1 Å². The summed E-state index contributed by atoms with van der Waals surface area (Å²) in [5.41, 5.74) is -1.44. The number of aryl methyl sites for hydroxylation is 1. The first kappa shape index (κ1) is 17.0. The normalized spacial score (nSPS) is 11.2. The maximum Gasteiger partial charge on any atom is 0.417 e. The Bertz CT molecular complexity index is 753. The molecule has 4 nitrogen and oxygen atoms in total. The van der Waals surface area contributed by atoms with Crippen LogP contribution in [0.25, 0.3) is 0 Å². The van der Waals surface area contributed by atoms with Crippen molar-refractivity contribution in [3.63, 3.8) is 0 Å². The number of alkyl halides is 3. The number of halogens is 3. The minimum atomic E-state index is -4.65. The van der Waals surface area contributed by atoms with Crippen LogP contribution in [0, 0.1) is 6.92 Å². The summed E-state index contributed by atoms with van der Waals surface area (Å²) in [5, 5.41) is 2.50. The Balaban J connectivity index is 2.36. The van der Waals surface area contributed by atoms with Crippen molar-refractivity contribution in [3.05, 3.63) is 51.9 Å². The van der Waals surface area contributed by atoms with Crippen molar-refractivity contribution in [2.45, 2.75) is 13.1 Å². The molecule has 0 aliphatic carbocycles. The fourth-order valence-corrected chi connectivity index (χ4v) is 2.86. The van der Waals surface area contributed by atoms with E-state index >= 15 is 0 Å². The van der Waals surface area contributed by atoms with Crippen molar-refractivity contribution >= 4 is 28.2 Å². The number of nitrogens with one attached hydrogen (secondary N) is 1. The molecule has 0 atom stereocenters. The number of hydrogen-bond acceptors (Lipinski definition) is 4. The van der Waals surface area contributed by atoms with E-state index in [1.807, 2.05) is 0 Å². The number of methoxy groups -OCH3 is 1. The fourth-order valence-electron chi connectivity index (χ4n) is 1.97. The van der Waals surface area contributed by atoms with Gasteiger partial charge in [0.2, 0.25) is 0 Å². The van der Waals surface area contributed by atoms with Gasteiger partial charge in [-0.15, -0.1) is 11.3 Å². The molecule has 1 aromatic carbocycles. The molecule has 1 amide bonds.